The Kier molecular flexibility index (Phi) is 3.88. The van der Waals surface area contributed by atoms with Crippen molar-refractivity contribution in [3.8, 4) is 0 Å². The highest BCUT2D eigenvalue weighted by Gasteiger charge is 2.08. The fourth-order valence-corrected chi connectivity index (χ4v) is 1.13. The zero-order valence-corrected chi connectivity index (χ0v) is 8.93. The third kappa shape index (κ3) is 2.99. The van der Waals surface area contributed by atoms with Gasteiger partial charge < -0.3 is 14.8 Å². The molecule has 1 rings (SSSR count). The first kappa shape index (κ1) is 11.0. The molecule has 1 unspecified atom stereocenters. The van der Waals surface area contributed by atoms with E-state index >= 15 is 0 Å². The van der Waals surface area contributed by atoms with Gasteiger partial charge >= 0.3 is 5.97 Å². The first-order chi connectivity index (χ1) is 6.63. The Morgan fingerprint density at radius 2 is 2.43 bits per heavy atom. The number of aromatic carboxylic acids is 1. The van der Waals surface area contributed by atoms with Gasteiger partial charge in [0.2, 0.25) is 5.76 Å². The van der Waals surface area contributed by atoms with E-state index in [1.54, 1.807) is 17.8 Å². The molecule has 0 saturated heterocycles. The van der Waals surface area contributed by atoms with Crippen LogP contribution in [0.15, 0.2) is 16.5 Å². The van der Waals surface area contributed by atoms with E-state index in [0.29, 0.717) is 11.1 Å². The maximum absolute atomic E-state index is 10.5. The summed E-state index contributed by atoms with van der Waals surface area (Å²) < 4.78 is 5.02. The standard InChI is InChI=1S/C9H13NO3S/c1-6(14-2)5-10-8-4-3-7(13-8)9(11)12/h3-4,6,10H,5H2,1-2H3,(H,11,12). The third-order valence-corrected chi connectivity index (χ3v) is 2.75. The summed E-state index contributed by atoms with van der Waals surface area (Å²) in [6.07, 6.45) is 2.02. The predicted molar refractivity (Wildman–Crippen MR) is 57.1 cm³/mol. The maximum Gasteiger partial charge on any atom is 0.371 e. The molecule has 1 heterocycles. The van der Waals surface area contributed by atoms with Crippen molar-refractivity contribution in [2.24, 2.45) is 0 Å². The molecule has 2 N–H and O–H groups in total. The van der Waals surface area contributed by atoms with E-state index in [1.807, 2.05) is 6.26 Å². The SMILES string of the molecule is CSC(C)CNc1ccc(C(=O)O)o1. The van der Waals surface area contributed by atoms with Gasteiger partial charge in [0.25, 0.3) is 0 Å². The summed E-state index contributed by atoms with van der Waals surface area (Å²) in [5.41, 5.74) is 0. The van der Waals surface area contributed by atoms with Gasteiger partial charge in [-0.15, -0.1) is 0 Å². The number of hydrogen-bond acceptors (Lipinski definition) is 4. The van der Waals surface area contributed by atoms with Crippen molar-refractivity contribution in [3.63, 3.8) is 0 Å². The number of carboxylic acids is 1. The van der Waals surface area contributed by atoms with Crippen LogP contribution in [0.25, 0.3) is 0 Å². The van der Waals surface area contributed by atoms with Gasteiger partial charge in [-0.1, -0.05) is 6.92 Å². The van der Waals surface area contributed by atoms with Crippen molar-refractivity contribution in [1.82, 2.24) is 0 Å². The fraction of sp³-hybridized carbons (Fsp3) is 0.444. The Hall–Kier alpha value is -1.10. The van der Waals surface area contributed by atoms with E-state index < -0.39 is 5.97 Å². The van der Waals surface area contributed by atoms with Crippen molar-refractivity contribution in [3.05, 3.63) is 17.9 Å². The summed E-state index contributed by atoms with van der Waals surface area (Å²) in [6, 6.07) is 3.06. The Bertz CT molecular complexity index is 311. The number of rotatable bonds is 5. The molecule has 1 aromatic rings. The molecule has 14 heavy (non-hydrogen) atoms. The molecule has 1 atom stereocenters. The van der Waals surface area contributed by atoms with Gasteiger partial charge in [0.1, 0.15) is 0 Å². The molecule has 0 aliphatic carbocycles. The zero-order valence-electron chi connectivity index (χ0n) is 8.11. The largest absolute Gasteiger partial charge is 0.475 e. The first-order valence-corrected chi connectivity index (χ1v) is 5.52. The molecule has 0 spiro atoms. The smallest absolute Gasteiger partial charge is 0.371 e. The van der Waals surface area contributed by atoms with Gasteiger partial charge in [-0.25, -0.2) is 4.79 Å². The Labute approximate surface area is 86.7 Å². The average Bonchev–Trinajstić information content (AvgIpc) is 2.62. The van der Waals surface area contributed by atoms with Gasteiger partial charge in [0, 0.05) is 17.9 Å². The van der Waals surface area contributed by atoms with Gasteiger partial charge in [-0.3, -0.25) is 0 Å². The Morgan fingerprint density at radius 1 is 1.71 bits per heavy atom. The number of nitrogens with one attached hydrogen (secondary N) is 1. The molecule has 4 nitrogen and oxygen atoms in total. The second-order valence-corrected chi connectivity index (χ2v) is 4.17. The second-order valence-electron chi connectivity index (χ2n) is 2.90. The zero-order chi connectivity index (χ0) is 10.6. The molecule has 0 aliphatic heterocycles. The molecule has 0 aromatic carbocycles. The van der Waals surface area contributed by atoms with Crippen LogP contribution in [0, 0.1) is 0 Å². The van der Waals surface area contributed by atoms with E-state index in [4.69, 9.17) is 9.52 Å². The minimum absolute atomic E-state index is 0.0377. The molecule has 0 fully saturated rings. The molecule has 0 bridgehead atoms. The highest BCUT2D eigenvalue weighted by molar-refractivity contribution is 7.99. The molecule has 78 valence electrons. The average molecular weight is 215 g/mol. The van der Waals surface area contributed by atoms with Crippen LogP contribution in [0.3, 0.4) is 0 Å². The second kappa shape index (κ2) is 4.95. The Morgan fingerprint density at radius 3 is 2.93 bits per heavy atom. The highest BCUT2D eigenvalue weighted by Crippen LogP contribution is 2.14. The van der Waals surface area contributed by atoms with Gasteiger partial charge in [0.15, 0.2) is 5.88 Å². The number of thioether (sulfide) groups is 1. The van der Waals surface area contributed by atoms with Crippen LogP contribution in [0.4, 0.5) is 5.88 Å². The Balaban J connectivity index is 2.48. The summed E-state index contributed by atoms with van der Waals surface area (Å²) in [5, 5.41) is 12.1. The summed E-state index contributed by atoms with van der Waals surface area (Å²) >= 11 is 1.74. The predicted octanol–water partition coefficient (Wildman–Crippen LogP) is 2.14. The lowest BCUT2D eigenvalue weighted by Crippen LogP contribution is -2.11. The van der Waals surface area contributed by atoms with Crippen LogP contribution >= 0.6 is 11.8 Å². The molecule has 0 amide bonds. The minimum Gasteiger partial charge on any atom is -0.475 e. The van der Waals surface area contributed by atoms with Gasteiger partial charge in [-0.2, -0.15) is 11.8 Å². The van der Waals surface area contributed by atoms with Crippen molar-refractivity contribution in [2.45, 2.75) is 12.2 Å². The van der Waals surface area contributed by atoms with E-state index in [1.165, 1.54) is 6.07 Å². The minimum atomic E-state index is -1.05. The number of anilines is 1. The molecule has 0 radical (unpaired) electrons. The van der Waals surface area contributed by atoms with Crippen molar-refractivity contribution < 1.29 is 14.3 Å². The number of carboxylic acid groups (broad SMARTS) is 1. The number of carbonyl (C=O) groups is 1. The highest BCUT2D eigenvalue weighted by atomic mass is 32.2. The molecular formula is C9H13NO3S. The third-order valence-electron chi connectivity index (χ3n) is 1.78. The van der Waals surface area contributed by atoms with Crippen molar-refractivity contribution in [1.29, 1.82) is 0 Å². The van der Waals surface area contributed by atoms with Crippen LogP contribution in [-0.2, 0) is 0 Å². The van der Waals surface area contributed by atoms with Crippen molar-refractivity contribution in [2.75, 3.05) is 18.1 Å². The van der Waals surface area contributed by atoms with Crippen LogP contribution in [-0.4, -0.2) is 29.1 Å². The number of hydrogen-bond donors (Lipinski definition) is 2. The van der Waals surface area contributed by atoms with E-state index in [0.717, 1.165) is 6.54 Å². The normalized spacial score (nSPS) is 12.4. The van der Waals surface area contributed by atoms with Crippen LogP contribution < -0.4 is 5.32 Å². The van der Waals surface area contributed by atoms with E-state index in [9.17, 15) is 4.79 Å². The molecule has 1 aromatic heterocycles. The molecule has 0 aliphatic rings. The quantitative estimate of drug-likeness (QED) is 0.788. The lowest BCUT2D eigenvalue weighted by molar-refractivity contribution is 0.0663. The van der Waals surface area contributed by atoms with Gasteiger partial charge in [-0.05, 0) is 12.3 Å². The molecular weight excluding hydrogens is 202 g/mol. The molecule has 5 heteroatoms. The van der Waals surface area contributed by atoms with E-state index in [-0.39, 0.29) is 5.76 Å². The van der Waals surface area contributed by atoms with Crippen LogP contribution in [0.1, 0.15) is 17.5 Å². The molecule has 0 saturated carbocycles. The van der Waals surface area contributed by atoms with Gasteiger partial charge in [0.05, 0.1) is 0 Å². The fourth-order valence-electron chi connectivity index (χ4n) is 0.875. The number of furan rings is 1. The lowest BCUT2D eigenvalue weighted by Gasteiger charge is -2.07. The summed E-state index contributed by atoms with van der Waals surface area (Å²) in [7, 11) is 0. The van der Waals surface area contributed by atoms with Crippen LogP contribution in [0.5, 0.6) is 0 Å². The maximum atomic E-state index is 10.5. The van der Waals surface area contributed by atoms with E-state index in [2.05, 4.69) is 12.2 Å². The van der Waals surface area contributed by atoms with Crippen molar-refractivity contribution >= 4 is 23.6 Å². The first-order valence-electron chi connectivity index (χ1n) is 4.23. The lowest BCUT2D eigenvalue weighted by atomic mass is 10.4. The monoisotopic (exact) mass is 215 g/mol. The topological polar surface area (TPSA) is 62.5 Å². The summed E-state index contributed by atoms with van der Waals surface area (Å²) in [4.78, 5) is 10.5. The van der Waals surface area contributed by atoms with Crippen LogP contribution in [0.2, 0.25) is 0 Å². The summed E-state index contributed by atoms with van der Waals surface area (Å²) in [6.45, 7) is 2.84. The summed E-state index contributed by atoms with van der Waals surface area (Å²) in [5.74, 6) is -0.580.